The number of rotatable bonds is 10. The van der Waals surface area contributed by atoms with E-state index in [1.165, 1.54) is 17.4 Å². The minimum absolute atomic E-state index is 0.00412. The number of nitrogens with zero attached hydrogens (tertiary/aromatic N) is 7. The Bertz CT molecular complexity index is 1980. The number of pyridine rings is 1. The Morgan fingerprint density at radius 2 is 1.85 bits per heavy atom. The highest BCUT2D eigenvalue weighted by Crippen LogP contribution is 2.51. The van der Waals surface area contributed by atoms with Gasteiger partial charge in [0.25, 0.3) is 5.91 Å². The first-order chi connectivity index (χ1) is 22.6. The Kier molecular flexibility index (Phi) is 9.37. The summed E-state index contributed by atoms with van der Waals surface area (Å²) >= 11 is 6.10. The van der Waals surface area contributed by atoms with E-state index < -0.39 is 29.0 Å². The maximum absolute atomic E-state index is 14.3. The number of anilines is 2. The summed E-state index contributed by atoms with van der Waals surface area (Å²) in [5.74, 6) is -0.971. The molecule has 0 unspecified atom stereocenters. The lowest BCUT2D eigenvalue weighted by Gasteiger charge is -2.26. The standard InChI is InChI=1S/C32H34ClF3N8O4/c1-6-21-24(31(9-10-31)11-12-43(5)30(48)26-27(46)17(2)38-16-39-26)28(47)25-29(37-14-22(41-25)42(3)4)44(21)15-23(45)40-20-8-7-18(13-19(20)33)32(34,35)36/h7-8,13-14,16,46H,6,9-12,15H2,1-5H3,(H,40,45). The second kappa shape index (κ2) is 13.0. The molecule has 2 amide bonds. The zero-order chi connectivity index (χ0) is 35.1. The number of aryl methyl sites for hydroxylation is 1. The van der Waals surface area contributed by atoms with Gasteiger partial charge in [-0.1, -0.05) is 18.5 Å². The number of aromatic hydroxyl groups is 1. The Hall–Kier alpha value is -4.79. The highest BCUT2D eigenvalue weighted by Gasteiger charge is 2.48. The van der Waals surface area contributed by atoms with Crippen molar-refractivity contribution in [2.45, 2.75) is 57.7 Å². The molecule has 0 saturated heterocycles. The van der Waals surface area contributed by atoms with Crippen molar-refractivity contribution in [1.29, 1.82) is 0 Å². The fraction of sp³-hybridized carbons (Fsp3) is 0.406. The predicted molar refractivity (Wildman–Crippen MR) is 174 cm³/mol. The maximum Gasteiger partial charge on any atom is 0.416 e. The van der Waals surface area contributed by atoms with E-state index in [0.29, 0.717) is 42.8 Å². The van der Waals surface area contributed by atoms with Crippen molar-refractivity contribution in [3.8, 4) is 5.75 Å². The average molecular weight is 687 g/mol. The molecule has 16 heteroatoms. The molecule has 1 aliphatic carbocycles. The maximum atomic E-state index is 14.3. The number of benzene rings is 1. The second-order valence-electron chi connectivity index (χ2n) is 12.0. The van der Waals surface area contributed by atoms with Crippen LogP contribution in [0.1, 0.15) is 59.2 Å². The Balaban J connectivity index is 1.52. The van der Waals surface area contributed by atoms with Gasteiger partial charge in [-0.2, -0.15) is 13.2 Å². The van der Waals surface area contributed by atoms with E-state index >= 15 is 0 Å². The SMILES string of the molecule is CCc1c(C2(CCN(C)C(=O)c3ncnc(C)c3O)CC2)c(=O)c2nc(N(C)C)cnc2n1CC(=O)Nc1ccc(C(F)(F)F)cc1Cl. The van der Waals surface area contributed by atoms with E-state index in [1.54, 1.807) is 37.5 Å². The van der Waals surface area contributed by atoms with E-state index in [1.807, 2.05) is 6.92 Å². The number of alkyl halides is 3. The van der Waals surface area contributed by atoms with Crippen LogP contribution in [-0.2, 0) is 29.4 Å². The van der Waals surface area contributed by atoms with Crippen LogP contribution in [0.2, 0.25) is 5.02 Å². The molecule has 3 heterocycles. The average Bonchev–Trinajstić information content (AvgIpc) is 3.82. The van der Waals surface area contributed by atoms with Crippen molar-refractivity contribution in [3.63, 3.8) is 0 Å². The molecule has 0 spiro atoms. The van der Waals surface area contributed by atoms with Crippen LogP contribution in [0.25, 0.3) is 11.2 Å². The van der Waals surface area contributed by atoms with Gasteiger partial charge < -0.3 is 24.8 Å². The summed E-state index contributed by atoms with van der Waals surface area (Å²) in [6.45, 7) is 3.31. The molecule has 1 aromatic carbocycles. The van der Waals surface area contributed by atoms with Crippen molar-refractivity contribution in [2.75, 3.05) is 37.9 Å². The van der Waals surface area contributed by atoms with E-state index in [0.717, 1.165) is 18.2 Å². The summed E-state index contributed by atoms with van der Waals surface area (Å²) in [6.07, 6.45) is 0.130. The molecule has 1 saturated carbocycles. The summed E-state index contributed by atoms with van der Waals surface area (Å²) < 4.78 is 41.1. The third-order valence-corrected chi connectivity index (χ3v) is 8.89. The lowest BCUT2D eigenvalue weighted by molar-refractivity contribution is -0.137. The number of fused-ring (bicyclic) bond motifs is 1. The van der Waals surface area contributed by atoms with Gasteiger partial charge in [-0.15, -0.1) is 0 Å². The number of nitrogens with one attached hydrogen (secondary N) is 1. The molecule has 254 valence electrons. The van der Waals surface area contributed by atoms with Crippen molar-refractivity contribution in [1.82, 2.24) is 29.4 Å². The Morgan fingerprint density at radius 3 is 2.46 bits per heavy atom. The van der Waals surface area contributed by atoms with E-state index in [-0.39, 0.29) is 57.5 Å². The van der Waals surface area contributed by atoms with Crippen molar-refractivity contribution in [2.24, 2.45) is 0 Å². The number of aromatic nitrogens is 5. The predicted octanol–water partition coefficient (Wildman–Crippen LogP) is 4.73. The highest BCUT2D eigenvalue weighted by atomic mass is 35.5. The molecule has 12 nitrogen and oxygen atoms in total. The van der Waals surface area contributed by atoms with E-state index in [2.05, 4.69) is 25.3 Å². The normalized spacial score (nSPS) is 13.8. The van der Waals surface area contributed by atoms with Gasteiger partial charge in [-0.05, 0) is 50.8 Å². The second-order valence-corrected chi connectivity index (χ2v) is 12.4. The molecule has 2 N–H and O–H groups in total. The van der Waals surface area contributed by atoms with Crippen molar-refractivity contribution in [3.05, 3.63) is 74.2 Å². The first-order valence-corrected chi connectivity index (χ1v) is 15.5. The highest BCUT2D eigenvalue weighted by molar-refractivity contribution is 6.33. The molecule has 3 aromatic heterocycles. The molecule has 5 rings (SSSR count). The number of amides is 2. The van der Waals surface area contributed by atoms with Crippen LogP contribution in [0.15, 0.2) is 35.5 Å². The Morgan fingerprint density at radius 1 is 1.15 bits per heavy atom. The van der Waals surface area contributed by atoms with Crippen molar-refractivity contribution < 1.29 is 27.9 Å². The number of carbonyl (C=O) groups excluding carboxylic acids is 2. The van der Waals surface area contributed by atoms with Gasteiger partial charge in [-0.25, -0.2) is 19.9 Å². The van der Waals surface area contributed by atoms with Gasteiger partial charge in [0, 0.05) is 44.4 Å². The van der Waals surface area contributed by atoms with E-state index in [4.69, 9.17) is 11.6 Å². The van der Waals surface area contributed by atoms with Crippen LogP contribution in [0.5, 0.6) is 5.75 Å². The van der Waals surface area contributed by atoms with Crippen molar-refractivity contribution >= 4 is 46.1 Å². The zero-order valence-corrected chi connectivity index (χ0v) is 27.7. The lowest BCUT2D eigenvalue weighted by atomic mass is 9.88. The quantitative estimate of drug-likeness (QED) is 0.242. The lowest BCUT2D eigenvalue weighted by Crippen LogP contribution is -2.34. The van der Waals surface area contributed by atoms with Gasteiger partial charge in [0.1, 0.15) is 18.7 Å². The molecular weight excluding hydrogens is 653 g/mol. The van der Waals surface area contributed by atoms with Gasteiger partial charge in [-0.3, -0.25) is 14.4 Å². The summed E-state index contributed by atoms with van der Waals surface area (Å²) in [5, 5.41) is 12.6. The number of hydrogen-bond donors (Lipinski definition) is 2. The minimum atomic E-state index is -4.60. The van der Waals surface area contributed by atoms with E-state index in [9.17, 15) is 32.7 Å². The van der Waals surface area contributed by atoms with Crippen LogP contribution in [-0.4, -0.2) is 74.0 Å². The molecule has 1 aliphatic rings. The minimum Gasteiger partial charge on any atom is -0.504 e. The first kappa shape index (κ1) is 34.5. The zero-order valence-electron chi connectivity index (χ0n) is 26.9. The van der Waals surface area contributed by atoms with Crippen LogP contribution in [0, 0.1) is 6.92 Å². The number of hydrogen-bond acceptors (Lipinski definition) is 9. The van der Waals surface area contributed by atoms with Crippen LogP contribution in [0.4, 0.5) is 24.7 Å². The Labute approximate surface area is 278 Å². The molecule has 48 heavy (non-hydrogen) atoms. The summed E-state index contributed by atoms with van der Waals surface area (Å²) in [6, 6.07) is 2.65. The van der Waals surface area contributed by atoms with Gasteiger partial charge in [0.2, 0.25) is 11.3 Å². The molecule has 0 bridgehead atoms. The third-order valence-electron chi connectivity index (χ3n) is 8.58. The van der Waals surface area contributed by atoms with Gasteiger partial charge in [0.15, 0.2) is 22.6 Å². The molecule has 0 radical (unpaired) electrons. The molecule has 0 atom stereocenters. The fourth-order valence-corrected chi connectivity index (χ4v) is 5.95. The van der Waals surface area contributed by atoms with Crippen LogP contribution >= 0.6 is 11.6 Å². The monoisotopic (exact) mass is 686 g/mol. The smallest absolute Gasteiger partial charge is 0.416 e. The molecule has 1 fully saturated rings. The molecule has 4 aromatic rings. The first-order valence-electron chi connectivity index (χ1n) is 15.1. The topological polar surface area (TPSA) is 146 Å². The number of halogens is 4. The fourth-order valence-electron chi connectivity index (χ4n) is 5.73. The van der Waals surface area contributed by atoms with Crippen LogP contribution < -0.4 is 15.6 Å². The molecule has 0 aliphatic heterocycles. The third kappa shape index (κ3) is 6.64. The summed E-state index contributed by atoms with van der Waals surface area (Å²) in [4.78, 5) is 60.9. The molecular formula is C32H34ClF3N8O4. The summed E-state index contributed by atoms with van der Waals surface area (Å²) in [7, 11) is 5.09. The van der Waals surface area contributed by atoms with Gasteiger partial charge >= 0.3 is 6.18 Å². The summed E-state index contributed by atoms with van der Waals surface area (Å²) in [5.41, 5.74) is -0.481. The number of carbonyl (C=O) groups is 2. The van der Waals surface area contributed by atoms with Gasteiger partial charge in [0.05, 0.1) is 28.2 Å². The van der Waals surface area contributed by atoms with Crippen LogP contribution in [0.3, 0.4) is 0 Å². The largest absolute Gasteiger partial charge is 0.504 e.